The standard InChI is InChI=1S/C14H23NS/c1-2-15-12-14(7-3-4-8-14)9-5-13-6-10-16-11-13/h6,10-11,15H,2-5,7-9,12H2,1H3. The topological polar surface area (TPSA) is 12.0 Å². The zero-order valence-corrected chi connectivity index (χ0v) is 11.1. The van der Waals surface area contributed by atoms with E-state index in [1.165, 1.54) is 50.6 Å². The van der Waals surface area contributed by atoms with Gasteiger partial charge in [-0.05, 0) is 60.0 Å². The molecule has 0 unspecified atom stereocenters. The van der Waals surface area contributed by atoms with Gasteiger partial charge in [0.2, 0.25) is 0 Å². The lowest BCUT2D eigenvalue weighted by atomic mass is 9.80. The fraction of sp³-hybridized carbons (Fsp3) is 0.714. The molecule has 0 aliphatic heterocycles. The van der Waals surface area contributed by atoms with Crippen molar-refractivity contribution in [2.24, 2.45) is 5.41 Å². The summed E-state index contributed by atoms with van der Waals surface area (Å²) < 4.78 is 0. The van der Waals surface area contributed by atoms with Crippen LogP contribution in [0.4, 0.5) is 0 Å². The van der Waals surface area contributed by atoms with Crippen molar-refractivity contribution >= 4 is 11.3 Å². The fourth-order valence-electron chi connectivity index (χ4n) is 2.87. The quantitative estimate of drug-likeness (QED) is 0.792. The minimum Gasteiger partial charge on any atom is -0.316 e. The Hall–Kier alpha value is -0.340. The highest BCUT2D eigenvalue weighted by molar-refractivity contribution is 7.07. The van der Waals surface area contributed by atoms with Gasteiger partial charge < -0.3 is 5.32 Å². The SMILES string of the molecule is CCNCC1(CCc2ccsc2)CCCC1. The predicted molar refractivity (Wildman–Crippen MR) is 72.1 cm³/mol. The van der Waals surface area contributed by atoms with E-state index in [9.17, 15) is 0 Å². The van der Waals surface area contributed by atoms with Crippen LogP contribution in [-0.4, -0.2) is 13.1 Å². The second-order valence-corrected chi connectivity index (χ2v) is 5.90. The summed E-state index contributed by atoms with van der Waals surface area (Å²) >= 11 is 1.82. The average molecular weight is 237 g/mol. The highest BCUT2D eigenvalue weighted by Gasteiger charge is 2.32. The van der Waals surface area contributed by atoms with E-state index < -0.39 is 0 Å². The summed E-state index contributed by atoms with van der Waals surface area (Å²) in [7, 11) is 0. The van der Waals surface area contributed by atoms with Gasteiger partial charge in [-0.15, -0.1) is 0 Å². The third-order valence-electron chi connectivity index (χ3n) is 3.94. The zero-order chi connectivity index (χ0) is 11.3. The summed E-state index contributed by atoms with van der Waals surface area (Å²) in [5, 5.41) is 8.06. The van der Waals surface area contributed by atoms with Crippen LogP contribution >= 0.6 is 11.3 Å². The first-order chi connectivity index (χ1) is 7.85. The van der Waals surface area contributed by atoms with E-state index in [0.29, 0.717) is 5.41 Å². The molecule has 1 aliphatic carbocycles. The van der Waals surface area contributed by atoms with Crippen LogP contribution in [0.3, 0.4) is 0 Å². The van der Waals surface area contributed by atoms with Crippen molar-refractivity contribution in [3.05, 3.63) is 22.4 Å². The molecule has 0 saturated heterocycles. The Bertz CT molecular complexity index is 286. The first kappa shape index (κ1) is 12.1. The van der Waals surface area contributed by atoms with Gasteiger partial charge in [0.1, 0.15) is 0 Å². The zero-order valence-electron chi connectivity index (χ0n) is 10.3. The van der Waals surface area contributed by atoms with Crippen LogP contribution in [0.15, 0.2) is 16.8 Å². The second-order valence-electron chi connectivity index (χ2n) is 5.12. The Kier molecular flexibility index (Phi) is 4.42. The van der Waals surface area contributed by atoms with Crippen molar-refractivity contribution < 1.29 is 0 Å². The molecule has 1 N–H and O–H groups in total. The van der Waals surface area contributed by atoms with Crippen molar-refractivity contribution in [1.29, 1.82) is 0 Å². The van der Waals surface area contributed by atoms with E-state index in [0.717, 1.165) is 6.54 Å². The lowest BCUT2D eigenvalue weighted by Gasteiger charge is -2.29. The lowest BCUT2D eigenvalue weighted by Crippen LogP contribution is -2.32. The molecule has 0 aromatic carbocycles. The summed E-state index contributed by atoms with van der Waals surface area (Å²) in [6.07, 6.45) is 8.39. The minimum atomic E-state index is 0.609. The molecule has 1 aromatic heterocycles. The van der Waals surface area contributed by atoms with E-state index in [-0.39, 0.29) is 0 Å². The molecule has 0 atom stereocenters. The van der Waals surface area contributed by atoms with E-state index >= 15 is 0 Å². The van der Waals surface area contributed by atoms with Crippen LogP contribution < -0.4 is 5.32 Å². The number of hydrogen-bond acceptors (Lipinski definition) is 2. The van der Waals surface area contributed by atoms with Crippen molar-refractivity contribution in [2.45, 2.75) is 45.4 Å². The third kappa shape index (κ3) is 3.08. The molecule has 1 aliphatic rings. The van der Waals surface area contributed by atoms with Gasteiger partial charge in [0.25, 0.3) is 0 Å². The number of nitrogens with one attached hydrogen (secondary N) is 1. The summed E-state index contributed by atoms with van der Waals surface area (Å²) in [5.74, 6) is 0. The largest absolute Gasteiger partial charge is 0.316 e. The van der Waals surface area contributed by atoms with Crippen LogP contribution in [0.5, 0.6) is 0 Å². The summed E-state index contributed by atoms with van der Waals surface area (Å²) in [6, 6.07) is 2.28. The van der Waals surface area contributed by atoms with Crippen LogP contribution in [0, 0.1) is 5.41 Å². The molecule has 16 heavy (non-hydrogen) atoms. The Morgan fingerprint density at radius 2 is 2.19 bits per heavy atom. The molecular weight excluding hydrogens is 214 g/mol. The Balaban J connectivity index is 1.87. The van der Waals surface area contributed by atoms with Crippen molar-refractivity contribution in [3.8, 4) is 0 Å². The van der Waals surface area contributed by atoms with Gasteiger partial charge in [-0.25, -0.2) is 0 Å². The molecule has 1 nitrogen and oxygen atoms in total. The third-order valence-corrected chi connectivity index (χ3v) is 4.67. The molecule has 1 heterocycles. The summed E-state index contributed by atoms with van der Waals surface area (Å²) in [6.45, 7) is 4.55. The van der Waals surface area contributed by atoms with Crippen LogP contribution in [0.2, 0.25) is 0 Å². The molecule has 1 aromatic rings. The predicted octanol–water partition coefficient (Wildman–Crippen LogP) is 3.85. The number of aryl methyl sites for hydroxylation is 1. The van der Waals surface area contributed by atoms with Gasteiger partial charge in [-0.3, -0.25) is 0 Å². The lowest BCUT2D eigenvalue weighted by molar-refractivity contribution is 0.260. The molecule has 0 spiro atoms. The molecule has 2 heteroatoms. The molecule has 1 fully saturated rings. The number of rotatable bonds is 6. The minimum absolute atomic E-state index is 0.609. The Morgan fingerprint density at radius 3 is 2.81 bits per heavy atom. The normalized spacial score (nSPS) is 19.1. The maximum Gasteiger partial charge on any atom is 0.000780 e. The van der Waals surface area contributed by atoms with Crippen LogP contribution in [-0.2, 0) is 6.42 Å². The first-order valence-corrected chi connectivity index (χ1v) is 7.51. The molecule has 2 rings (SSSR count). The van der Waals surface area contributed by atoms with Crippen molar-refractivity contribution in [1.82, 2.24) is 5.32 Å². The van der Waals surface area contributed by atoms with E-state index in [1.807, 2.05) is 11.3 Å². The summed E-state index contributed by atoms with van der Waals surface area (Å²) in [5.41, 5.74) is 2.14. The molecule has 90 valence electrons. The number of hydrogen-bond donors (Lipinski definition) is 1. The monoisotopic (exact) mass is 237 g/mol. The van der Waals surface area contributed by atoms with Gasteiger partial charge in [-0.1, -0.05) is 19.8 Å². The molecular formula is C14H23NS. The highest BCUT2D eigenvalue weighted by atomic mass is 32.1. The van der Waals surface area contributed by atoms with Crippen LogP contribution in [0.25, 0.3) is 0 Å². The fourth-order valence-corrected chi connectivity index (χ4v) is 3.58. The molecule has 0 radical (unpaired) electrons. The van der Waals surface area contributed by atoms with E-state index in [2.05, 4.69) is 29.1 Å². The van der Waals surface area contributed by atoms with Gasteiger partial charge in [-0.2, -0.15) is 11.3 Å². The average Bonchev–Trinajstić information content (AvgIpc) is 2.96. The highest BCUT2D eigenvalue weighted by Crippen LogP contribution is 2.41. The van der Waals surface area contributed by atoms with Gasteiger partial charge >= 0.3 is 0 Å². The van der Waals surface area contributed by atoms with Gasteiger partial charge in [0.05, 0.1) is 0 Å². The van der Waals surface area contributed by atoms with Gasteiger partial charge in [0, 0.05) is 6.54 Å². The maximum atomic E-state index is 3.56. The first-order valence-electron chi connectivity index (χ1n) is 6.56. The molecule has 0 bridgehead atoms. The van der Waals surface area contributed by atoms with Crippen molar-refractivity contribution in [3.63, 3.8) is 0 Å². The Labute approximate surface area is 103 Å². The van der Waals surface area contributed by atoms with Crippen molar-refractivity contribution in [2.75, 3.05) is 13.1 Å². The summed E-state index contributed by atoms with van der Waals surface area (Å²) in [4.78, 5) is 0. The van der Waals surface area contributed by atoms with E-state index in [1.54, 1.807) is 0 Å². The van der Waals surface area contributed by atoms with E-state index in [4.69, 9.17) is 0 Å². The Morgan fingerprint density at radius 1 is 1.38 bits per heavy atom. The smallest absolute Gasteiger partial charge is 0.000780 e. The van der Waals surface area contributed by atoms with Crippen LogP contribution in [0.1, 0.15) is 44.6 Å². The maximum absolute atomic E-state index is 3.56. The molecule has 1 saturated carbocycles. The van der Waals surface area contributed by atoms with Gasteiger partial charge in [0.15, 0.2) is 0 Å². The second kappa shape index (κ2) is 5.83. The number of thiophene rings is 1. The molecule has 0 amide bonds.